The molecule has 3 aliphatic rings. The molecule has 2 aliphatic carbocycles. The van der Waals surface area contributed by atoms with Gasteiger partial charge in [-0.15, -0.1) is 0 Å². The standard InChI is InChI=1S/C25H23N3O7/c1-35-19-4-2-3-15(12-19)20(29)13-26(23(30)14-7-9-18(10-8-14)28(33)34)27-24(31)21-16-5-6-17(11-16)22(21)25(27)32/h2-4,7-10,12,16-17,21-22H,5-6,11,13H2,1H3/t16-,17-,21+,22+/m0/s1. The Kier molecular flexibility index (Phi) is 5.58. The molecule has 0 spiro atoms. The average Bonchev–Trinajstić information content (AvgIpc) is 3.56. The van der Waals surface area contributed by atoms with Gasteiger partial charge in [0.2, 0.25) is 0 Å². The van der Waals surface area contributed by atoms with Gasteiger partial charge in [0.1, 0.15) is 12.3 Å². The fourth-order valence-corrected chi connectivity index (χ4v) is 5.76. The van der Waals surface area contributed by atoms with Crippen molar-refractivity contribution in [3.05, 3.63) is 69.8 Å². The van der Waals surface area contributed by atoms with Gasteiger partial charge in [-0.25, -0.2) is 5.01 Å². The number of hydrogen-bond donors (Lipinski definition) is 0. The number of nitro groups is 1. The van der Waals surface area contributed by atoms with Crippen molar-refractivity contribution in [1.82, 2.24) is 10.0 Å². The van der Waals surface area contributed by atoms with E-state index in [9.17, 15) is 29.3 Å². The number of imide groups is 1. The molecule has 3 amide bonds. The smallest absolute Gasteiger partial charge is 0.273 e. The van der Waals surface area contributed by atoms with Crippen LogP contribution in [-0.2, 0) is 9.59 Å². The molecule has 1 saturated heterocycles. The number of ether oxygens (including phenoxy) is 1. The number of benzene rings is 2. The van der Waals surface area contributed by atoms with E-state index in [0.717, 1.165) is 41.4 Å². The predicted octanol–water partition coefficient (Wildman–Crippen LogP) is 2.87. The summed E-state index contributed by atoms with van der Waals surface area (Å²) in [4.78, 5) is 63.9. The molecule has 10 heteroatoms. The second-order valence-corrected chi connectivity index (χ2v) is 9.19. The van der Waals surface area contributed by atoms with E-state index < -0.39 is 46.8 Å². The van der Waals surface area contributed by atoms with Crippen LogP contribution in [-0.4, -0.2) is 52.1 Å². The highest BCUT2D eigenvalue weighted by molar-refractivity contribution is 6.10. The van der Waals surface area contributed by atoms with Crippen LogP contribution in [0.15, 0.2) is 48.5 Å². The number of ketones is 1. The molecule has 180 valence electrons. The number of rotatable bonds is 7. The molecule has 1 heterocycles. The van der Waals surface area contributed by atoms with Crippen molar-refractivity contribution in [3.63, 3.8) is 0 Å². The predicted molar refractivity (Wildman–Crippen MR) is 121 cm³/mol. The van der Waals surface area contributed by atoms with Crippen LogP contribution in [0.3, 0.4) is 0 Å². The van der Waals surface area contributed by atoms with Crippen molar-refractivity contribution in [2.75, 3.05) is 13.7 Å². The topological polar surface area (TPSA) is 127 Å². The lowest BCUT2D eigenvalue weighted by Crippen LogP contribution is -2.52. The Morgan fingerprint density at radius 3 is 2.23 bits per heavy atom. The summed E-state index contributed by atoms with van der Waals surface area (Å²) in [7, 11) is 1.46. The van der Waals surface area contributed by atoms with Gasteiger partial charge in [-0.05, 0) is 55.4 Å². The highest BCUT2D eigenvalue weighted by Gasteiger charge is 2.62. The fourth-order valence-electron chi connectivity index (χ4n) is 5.76. The van der Waals surface area contributed by atoms with Crippen molar-refractivity contribution < 1.29 is 28.8 Å². The molecule has 0 N–H and O–H groups in total. The Hall–Kier alpha value is -4.08. The van der Waals surface area contributed by atoms with Crippen LogP contribution in [0.5, 0.6) is 5.75 Å². The Balaban J connectivity index is 1.49. The molecule has 35 heavy (non-hydrogen) atoms. The first kappa shape index (κ1) is 22.7. The van der Waals surface area contributed by atoms with Crippen LogP contribution in [0.25, 0.3) is 0 Å². The summed E-state index contributed by atoms with van der Waals surface area (Å²) in [6.45, 7) is -0.546. The Bertz CT molecular complexity index is 1210. The van der Waals surface area contributed by atoms with Crippen LogP contribution in [0.1, 0.15) is 40.0 Å². The van der Waals surface area contributed by atoms with Crippen LogP contribution in [0.4, 0.5) is 5.69 Å². The number of amides is 3. The lowest BCUT2D eigenvalue weighted by molar-refractivity contribution is -0.384. The van der Waals surface area contributed by atoms with Gasteiger partial charge >= 0.3 is 0 Å². The summed E-state index contributed by atoms with van der Waals surface area (Å²) < 4.78 is 5.17. The van der Waals surface area contributed by atoms with Crippen molar-refractivity contribution in [1.29, 1.82) is 0 Å². The van der Waals surface area contributed by atoms with Crippen LogP contribution in [0, 0.1) is 33.8 Å². The number of hydrogen-bond acceptors (Lipinski definition) is 7. The largest absolute Gasteiger partial charge is 0.497 e. The summed E-state index contributed by atoms with van der Waals surface area (Å²) >= 11 is 0. The maximum absolute atomic E-state index is 13.5. The molecule has 2 aromatic rings. The van der Waals surface area contributed by atoms with E-state index in [0.29, 0.717) is 5.75 Å². The summed E-state index contributed by atoms with van der Waals surface area (Å²) in [5, 5.41) is 12.7. The number of nitrogens with zero attached hydrogens (tertiary/aromatic N) is 3. The maximum Gasteiger partial charge on any atom is 0.273 e. The summed E-state index contributed by atoms with van der Waals surface area (Å²) in [5.74, 6) is -2.44. The monoisotopic (exact) mass is 477 g/mol. The molecule has 0 aromatic heterocycles. The Morgan fingerprint density at radius 1 is 1.03 bits per heavy atom. The second-order valence-electron chi connectivity index (χ2n) is 9.19. The number of Topliss-reactive ketones (excluding diaryl/α,β-unsaturated/α-hetero) is 1. The maximum atomic E-state index is 13.5. The SMILES string of the molecule is COc1cccc(C(=O)CN(C(=O)c2ccc([N+](=O)[O-])cc2)N2C(=O)[C@@H]3[C@H]4CC[C@@H](C4)[C@H]3C2=O)c1. The third-order valence-electron chi connectivity index (χ3n) is 7.39. The van der Waals surface area contributed by atoms with E-state index in [2.05, 4.69) is 0 Å². The number of carbonyl (C=O) groups is 4. The van der Waals surface area contributed by atoms with Crippen molar-refractivity contribution >= 4 is 29.2 Å². The molecule has 0 unspecified atom stereocenters. The lowest BCUT2D eigenvalue weighted by Gasteiger charge is -2.30. The van der Waals surface area contributed by atoms with E-state index in [-0.39, 0.29) is 28.7 Å². The lowest BCUT2D eigenvalue weighted by atomic mass is 9.81. The zero-order chi connectivity index (χ0) is 24.9. The molecule has 3 fully saturated rings. The van der Waals surface area contributed by atoms with Gasteiger partial charge in [0.15, 0.2) is 5.78 Å². The van der Waals surface area contributed by atoms with E-state index in [1.54, 1.807) is 18.2 Å². The first-order valence-electron chi connectivity index (χ1n) is 11.4. The summed E-state index contributed by atoms with van der Waals surface area (Å²) in [5.41, 5.74) is 0.0693. The van der Waals surface area contributed by atoms with Crippen molar-refractivity contribution in [2.24, 2.45) is 23.7 Å². The Morgan fingerprint density at radius 2 is 1.66 bits per heavy atom. The number of methoxy groups -OCH3 is 1. The third kappa shape index (κ3) is 3.74. The first-order valence-corrected chi connectivity index (χ1v) is 11.4. The summed E-state index contributed by atoms with van der Waals surface area (Å²) in [6, 6.07) is 11.2. The quantitative estimate of drug-likeness (QED) is 0.260. The molecular weight excluding hydrogens is 454 g/mol. The zero-order valence-electron chi connectivity index (χ0n) is 19.0. The number of carbonyl (C=O) groups excluding carboxylic acids is 4. The van der Waals surface area contributed by atoms with Gasteiger partial charge in [-0.1, -0.05) is 12.1 Å². The minimum Gasteiger partial charge on any atom is -0.497 e. The highest BCUT2D eigenvalue weighted by atomic mass is 16.6. The van der Waals surface area contributed by atoms with E-state index in [4.69, 9.17) is 4.74 Å². The van der Waals surface area contributed by atoms with Crippen molar-refractivity contribution in [2.45, 2.75) is 19.3 Å². The number of fused-ring (bicyclic) bond motifs is 5. The number of hydrazine groups is 1. The molecule has 5 rings (SSSR count). The second kappa shape index (κ2) is 8.61. The van der Waals surface area contributed by atoms with E-state index in [1.165, 1.54) is 25.3 Å². The first-order chi connectivity index (χ1) is 16.8. The molecule has 2 saturated carbocycles. The van der Waals surface area contributed by atoms with E-state index >= 15 is 0 Å². The van der Waals surface area contributed by atoms with Crippen LogP contribution < -0.4 is 4.74 Å². The molecule has 0 radical (unpaired) electrons. The minimum absolute atomic E-state index is 0.0228. The number of nitro benzene ring substituents is 1. The molecule has 2 aromatic carbocycles. The minimum atomic E-state index is -0.759. The molecular formula is C25H23N3O7. The highest BCUT2D eigenvalue weighted by Crippen LogP contribution is 2.56. The molecule has 2 bridgehead atoms. The van der Waals surface area contributed by atoms with Gasteiger partial charge in [-0.2, -0.15) is 5.01 Å². The van der Waals surface area contributed by atoms with Gasteiger partial charge in [-0.3, -0.25) is 29.3 Å². The van der Waals surface area contributed by atoms with Gasteiger partial charge in [0, 0.05) is 23.3 Å². The van der Waals surface area contributed by atoms with Gasteiger partial charge in [0.05, 0.1) is 23.9 Å². The number of non-ortho nitro benzene ring substituents is 1. The summed E-state index contributed by atoms with van der Waals surface area (Å²) in [6.07, 6.45) is 2.58. The normalized spacial score (nSPS) is 24.4. The van der Waals surface area contributed by atoms with Crippen LogP contribution in [0.2, 0.25) is 0 Å². The molecule has 1 aliphatic heterocycles. The third-order valence-corrected chi connectivity index (χ3v) is 7.39. The fraction of sp³-hybridized carbons (Fsp3) is 0.360. The van der Waals surface area contributed by atoms with Gasteiger partial charge in [0.25, 0.3) is 23.4 Å². The Labute approximate surface area is 200 Å². The van der Waals surface area contributed by atoms with Crippen molar-refractivity contribution in [3.8, 4) is 5.75 Å². The van der Waals surface area contributed by atoms with E-state index in [1.807, 2.05) is 0 Å². The molecule has 4 atom stereocenters. The molecule has 10 nitrogen and oxygen atoms in total. The zero-order valence-corrected chi connectivity index (χ0v) is 19.0. The average molecular weight is 477 g/mol. The van der Waals surface area contributed by atoms with Crippen LogP contribution >= 0.6 is 0 Å². The van der Waals surface area contributed by atoms with Gasteiger partial charge < -0.3 is 4.74 Å².